The van der Waals surface area contributed by atoms with Crippen LogP contribution in [0.2, 0.25) is 0 Å². The van der Waals surface area contributed by atoms with Crippen LogP contribution in [0.4, 0.5) is 0 Å². The van der Waals surface area contributed by atoms with Crippen molar-refractivity contribution in [3.05, 3.63) is 54.1 Å². The van der Waals surface area contributed by atoms with Crippen molar-refractivity contribution in [3.63, 3.8) is 0 Å². The van der Waals surface area contributed by atoms with Gasteiger partial charge in [0.05, 0.1) is 6.61 Å². The van der Waals surface area contributed by atoms with Gasteiger partial charge in [-0.05, 0) is 17.5 Å². The van der Waals surface area contributed by atoms with E-state index in [0.717, 1.165) is 24.0 Å². The van der Waals surface area contributed by atoms with Crippen LogP contribution in [0.5, 0.6) is 0 Å². The fourth-order valence-electron chi connectivity index (χ4n) is 1.50. The second-order valence-electron chi connectivity index (χ2n) is 4.22. The summed E-state index contributed by atoms with van der Waals surface area (Å²) in [6, 6.07) is 7.89. The second-order valence-corrected chi connectivity index (χ2v) is 4.22. The molecule has 0 aliphatic carbocycles. The predicted octanol–water partition coefficient (Wildman–Crippen LogP) is 3.77. The number of carbonyl (C=O) groups is 1. The summed E-state index contributed by atoms with van der Waals surface area (Å²) < 4.78 is 5.11. The lowest BCUT2D eigenvalue weighted by Gasteiger charge is -2.07. The molecule has 0 aromatic heterocycles. The monoisotopic (exact) mass is 244 g/mol. The number of esters is 1. The van der Waals surface area contributed by atoms with Crippen molar-refractivity contribution in [2.24, 2.45) is 0 Å². The molecule has 1 aromatic rings. The molecular weight excluding hydrogens is 224 g/mol. The summed E-state index contributed by atoms with van der Waals surface area (Å²) in [7, 11) is 0. The van der Waals surface area contributed by atoms with Crippen LogP contribution in [0.1, 0.15) is 30.9 Å². The Morgan fingerprint density at radius 1 is 1.33 bits per heavy atom. The molecule has 0 spiro atoms. The lowest BCUT2D eigenvalue weighted by Crippen LogP contribution is -2.10. The second kappa shape index (κ2) is 7.49. The lowest BCUT2D eigenvalue weighted by atomic mass is 10.0. The van der Waals surface area contributed by atoms with Gasteiger partial charge in [-0.3, -0.25) is 0 Å². The summed E-state index contributed by atoms with van der Waals surface area (Å²) in [6.45, 7) is 10.0. The molecule has 18 heavy (non-hydrogen) atoms. The molecule has 1 rings (SSSR count). The van der Waals surface area contributed by atoms with E-state index in [1.54, 1.807) is 6.08 Å². The zero-order valence-electron chi connectivity index (χ0n) is 10.9. The largest absolute Gasteiger partial charge is 0.462 e. The number of ether oxygens (including phenoxy) is 1. The van der Waals surface area contributed by atoms with Crippen molar-refractivity contribution < 1.29 is 9.53 Å². The highest BCUT2D eigenvalue weighted by Gasteiger charge is 2.08. The molecule has 0 heterocycles. The van der Waals surface area contributed by atoms with Crippen molar-refractivity contribution in [2.45, 2.75) is 26.2 Å². The molecular formula is C16H20O2. The summed E-state index contributed by atoms with van der Waals surface area (Å²) in [5.74, 6) is -0.295. The van der Waals surface area contributed by atoms with Crippen LogP contribution in [0.15, 0.2) is 43.0 Å². The van der Waals surface area contributed by atoms with E-state index < -0.39 is 0 Å². The van der Waals surface area contributed by atoms with Crippen molar-refractivity contribution in [1.82, 2.24) is 0 Å². The Kier molecular flexibility index (Phi) is 5.92. The third-order valence-electron chi connectivity index (χ3n) is 2.65. The van der Waals surface area contributed by atoms with Crippen LogP contribution in [0, 0.1) is 0 Å². The molecule has 0 radical (unpaired) electrons. The fourth-order valence-corrected chi connectivity index (χ4v) is 1.50. The van der Waals surface area contributed by atoms with E-state index in [9.17, 15) is 4.79 Å². The van der Waals surface area contributed by atoms with Crippen molar-refractivity contribution in [2.75, 3.05) is 6.61 Å². The quantitative estimate of drug-likeness (QED) is 0.414. The molecule has 0 aliphatic heterocycles. The summed E-state index contributed by atoms with van der Waals surface area (Å²) >= 11 is 0. The maximum Gasteiger partial charge on any atom is 0.333 e. The molecule has 0 aliphatic rings. The number of unbranched alkanes of at least 4 members (excludes halogenated alkanes) is 1. The minimum Gasteiger partial charge on any atom is -0.462 e. The maximum absolute atomic E-state index is 11.6. The van der Waals surface area contributed by atoms with Gasteiger partial charge in [0, 0.05) is 12.0 Å². The van der Waals surface area contributed by atoms with Crippen LogP contribution >= 0.6 is 0 Å². The number of rotatable bonds is 7. The minimum atomic E-state index is -0.295. The number of hydrogen-bond donors (Lipinski definition) is 0. The minimum absolute atomic E-state index is 0.295. The molecule has 0 fully saturated rings. The smallest absolute Gasteiger partial charge is 0.333 e. The van der Waals surface area contributed by atoms with E-state index in [0.29, 0.717) is 18.6 Å². The summed E-state index contributed by atoms with van der Waals surface area (Å²) in [4.78, 5) is 11.6. The number of benzene rings is 1. The van der Waals surface area contributed by atoms with E-state index in [1.165, 1.54) is 0 Å². The molecule has 2 heteroatoms. The average molecular weight is 244 g/mol. The van der Waals surface area contributed by atoms with Gasteiger partial charge in [-0.2, -0.15) is 0 Å². The topological polar surface area (TPSA) is 26.3 Å². The highest BCUT2D eigenvalue weighted by atomic mass is 16.5. The highest BCUT2D eigenvalue weighted by Crippen LogP contribution is 2.11. The van der Waals surface area contributed by atoms with Gasteiger partial charge in [-0.1, -0.05) is 56.8 Å². The summed E-state index contributed by atoms with van der Waals surface area (Å²) in [6.07, 6.45) is 4.23. The summed E-state index contributed by atoms with van der Waals surface area (Å²) in [5.41, 5.74) is 2.62. The Morgan fingerprint density at radius 2 is 2.00 bits per heavy atom. The number of carbonyl (C=O) groups excluding carboxylic acids is 1. The molecule has 0 unspecified atom stereocenters. The van der Waals surface area contributed by atoms with Crippen molar-refractivity contribution >= 4 is 12.0 Å². The van der Waals surface area contributed by atoms with E-state index in [4.69, 9.17) is 4.74 Å². The Balaban J connectivity index is 2.47. The Morgan fingerprint density at radius 3 is 2.56 bits per heavy atom. The average Bonchev–Trinajstić information content (AvgIpc) is 2.39. The third kappa shape index (κ3) is 4.58. The van der Waals surface area contributed by atoms with Crippen LogP contribution in [0.25, 0.3) is 6.08 Å². The Labute approximate surface area is 109 Å². The SMILES string of the molecule is C=Cc1ccc(CC(=C)C(=O)OCCCC)cc1. The zero-order valence-corrected chi connectivity index (χ0v) is 10.9. The first-order valence-electron chi connectivity index (χ1n) is 6.23. The molecule has 96 valence electrons. The molecule has 0 saturated carbocycles. The van der Waals surface area contributed by atoms with Gasteiger partial charge < -0.3 is 4.74 Å². The van der Waals surface area contributed by atoms with Gasteiger partial charge in [0.1, 0.15) is 0 Å². The molecule has 1 aromatic carbocycles. The molecule has 0 N–H and O–H groups in total. The van der Waals surface area contributed by atoms with Gasteiger partial charge >= 0.3 is 5.97 Å². The van der Waals surface area contributed by atoms with Gasteiger partial charge in [-0.15, -0.1) is 0 Å². The molecule has 0 atom stereocenters. The fraction of sp³-hybridized carbons (Fsp3) is 0.312. The number of hydrogen-bond acceptors (Lipinski definition) is 2. The molecule has 0 bridgehead atoms. The lowest BCUT2D eigenvalue weighted by molar-refractivity contribution is -0.139. The third-order valence-corrected chi connectivity index (χ3v) is 2.65. The van der Waals surface area contributed by atoms with Crippen molar-refractivity contribution in [1.29, 1.82) is 0 Å². The molecule has 2 nitrogen and oxygen atoms in total. The van der Waals surface area contributed by atoms with Crippen LogP contribution in [0.3, 0.4) is 0 Å². The Bertz CT molecular complexity index is 415. The van der Waals surface area contributed by atoms with E-state index in [-0.39, 0.29) is 5.97 Å². The first kappa shape index (κ1) is 14.2. The first-order chi connectivity index (χ1) is 8.67. The van der Waals surface area contributed by atoms with Crippen LogP contribution in [-0.4, -0.2) is 12.6 Å². The van der Waals surface area contributed by atoms with Gasteiger partial charge in [0.2, 0.25) is 0 Å². The van der Waals surface area contributed by atoms with E-state index >= 15 is 0 Å². The predicted molar refractivity (Wildman–Crippen MR) is 75.2 cm³/mol. The van der Waals surface area contributed by atoms with E-state index in [1.807, 2.05) is 24.3 Å². The standard InChI is InChI=1S/C16H20O2/c1-4-6-11-18-16(17)13(3)12-15-9-7-14(5-2)8-10-15/h5,7-10H,2-4,6,11-12H2,1H3. The summed E-state index contributed by atoms with van der Waals surface area (Å²) in [5, 5.41) is 0. The van der Waals surface area contributed by atoms with Crippen LogP contribution < -0.4 is 0 Å². The van der Waals surface area contributed by atoms with E-state index in [2.05, 4.69) is 20.1 Å². The first-order valence-corrected chi connectivity index (χ1v) is 6.23. The van der Waals surface area contributed by atoms with Crippen molar-refractivity contribution in [3.8, 4) is 0 Å². The molecule has 0 saturated heterocycles. The zero-order chi connectivity index (χ0) is 13.4. The highest BCUT2D eigenvalue weighted by molar-refractivity contribution is 5.88. The van der Waals surface area contributed by atoms with Gasteiger partial charge in [0.25, 0.3) is 0 Å². The van der Waals surface area contributed by atoms with Crippen LogP contribution in [-0.2, 0) is 16.0 Å². The Hall–Kier alpha value is -1.83. The van der Waals surface area contributed by atoms with Gasteiger partial charge in [0.15, 0.2) is 0 Å². The molecule has 0 amide bonds. The normalized spacial score (nSPS) is 9.83. The van der Waals surface area contributed by atoms with Gasteiger partial charge in [-0.25, -0.2) is 4.79 Å². The maximum atomic E-state index is 11.6.